The molecule has 0 saturated carbocycles. The molecule has 1 N–H and O–H groups in total. The number of H-pyrrole nitrogens is 1. The van der Waals surface area contributed by atoms with Crippen molar-refractivity contribution in [3.8, 4) is 17.2 Å². The number of nitrogens with zero attached hydrogens (tertiary/aromatic N) is 2. The average Bonchev–Trinajstić information content (AvgIpc) is 2.95. The summed E-state index contributed by atoms with van der Waals surface area (Å²) in [6.45, 7) is 1.94. The van der Waals surface area contributed by atoms with Gasteiger partial charge in [-0.05, 0) is 36.2 Å². The quantitative estimate of drug-likeness (QED) is 0.789. The molecule has 0 bridgehead atoms. The van der Waals surface area contributed by atoms with Crippen molar-refractivity contribution in [2.45, 2.75) is 18.2 Å². The van der Waals surface area contributed by atoms with E-state index in [-0.39, 0.29) is 4.90 Å². The molecule has 0 amide bonds. The number of aromatic amines is 1. The topological polar surface area (TPSA) is 95.2 Å². The molecular formula is C17H15N3O3S. The molecule has 2 aromatic heterocycles. The van der Waals surface area contributed by atoms with Gasteiger partial charge in [0.1, 0.15) is 4.90 Å². The molecule has 0 aliphatic rings. The maximum absolute atomic E-state index is 12.5. The van der Waals surface area contributed by atoms with E-state index < -0.39 is 15.4 Å². The summed E-state index contributed by atoms with van der Waals surface area (Å²) in [5, 5.41) is 11.7. The number of hydrogen-bond acceptors (Lipinski definition) is 4. The van der Waals surface area contributed by atoms with Gasteiger partial charge in [-0.15, -0.1) is 0 Å². The van der Waals surface area contributed by atoms with Crippen LogP contribution < -0.4 is 5.56 Å². The maximum Gasteiger partial charge on any atom is 0.282 e. The summed E-state index contributed by atoms with van der Waals surface area (Å²) in [7, 11) is -3.76. The van der Waals surface area contributed by atoms with E-state index in [1.165, 1.54) is 0 Å². The second kappa shape index (κ2) is 5.65. The molecule has 7 heteroatoms. The maximum atomic E-state index is 12.5. The molecule has 2 heterocycles. The average molecular weight is 341 g/mol. The second-order valence-corrected chi connectivity index (χ2v) is 7.46. The minimum atomic E-state index is -3.76. The third kappa shape index (κ3) is 2.51. The van der Waals surface area contributed by atoms with Crippen LogP contribution in [-0.4, -0.2) is 24.3 Å². The fourth-order valence-electron chi connectivity index (χ4n) is 2.84. The molecule has 0 atom stereocenters. The lowest BCUT2D eigenvalue weighted by atomic mass is 10.0. The zero-order valence-corrected chi connectivity index (χ0v) is 14.0. The van der Waals surface area contributed by atoms with E-state index >= 15 is 0 Å². The summed E-state index contributed by atoms with van der Waals surface area (Å²) >= 11 is 0. The van der Waals surface area contributed by atoms with Crippen molar-refractivity contribution in [3.05, 3.63) is 58.0 Å². The smallest absolute Gasteiger partial charge is 0.267 e. The van der Waals surface area contributed by atoms with Gasteiger partial charge in [-0.2, -0.15) is 5.26 Å². The van der Waals surface area contributed by atoms with E-state index in [4.69, 9.17) is 5.26 Å². The van der Waals surface area contributed by atoms with E-state index in [0.29, 0.717) is 28.6 Å². The number of nitriles is 1. The summed E-state index contributed by atoms with van der Waals surface area (Å²) in [5.74, 6) is 0. The van der Waals surface area contributed by atoms with Crippen LogP contribution >= 0.6 is 0 Å². The van der Waals surface area contributed by atoms with Crippen LogP contribution in [0.1, 0.15) is 18.2 Å². The van der Waals surface area contributed by atoms with Crippen LogP contribution in [-0.2, 0) is 16.3 Å². The number of aryl methyl sites for hydroxylation is 1. The van der Waals surface area contributed by atoms with E-state index in [1.54, 1.807) is 34.8 Å². The lowest BCUT2D eigenvalue weighted by Gasteiger charge is -2.12. The number of sulfone groups is 1. The molecule has 1 aromatic carbocycles. The highest BCUT2D eigenvalue weighted by molar-refractivity contribution is 7.90. The van der Waals surface area contributed by atoms with E-state index in [9.17, 15) is 13.2 Å². The van der Waals surface area contributed by atoms with Crippen LogP contribution in [0.3, 0.4) is 0 Å². The van der Waals surface area contributed by atoms with Gasteiger partial charge >= 0.3 is 0 Å². The first-order valence-corrected chi connectivity index (χ1v) is 9.23. The van der Waals surface area contributed by atoms with Gasteiger partial charge < -0.3 is 0 Å². The fourth-order valence-corrected chi connectivity index (χ4v) is 3.82. The van der Waals surface area contributed by atoms with Crippen molar-refractivity contribution in [1.82, 2.24) is 9.61 Å². The molecule has 3 aromatic rings. The first-order valence-electron chi connectivity index (χ1n) is 7.34. The Bertz CT molecular complexity index is 1150. The van der Waals surface area contributed by atoms with Gasteiger partial charge in [0.15, 0.2) is 9.84 Å². The lowest BCUT2D eigenvalue weighted by molar-refractivity contribution is 0.600. The van der Waals surface area contributed by atoms with Crippen LogP contribution in [0, 0.1) is 11.3 Å². The van der Waals surface area contributed by atoms with Crippen LogP contribution in [0.15, 0.2) is 46.1 Å². The van der Waals surface area contributed by atoms with Crippen LogP contribution in [0.5, 0.6) is 0 Å². The molecule has 0 aliphatic carbocycles. The first kappa shape index (κ1) is 16.0. The SMILES string of the molecule is CCc1ccc2c(-c3cccc(C#N)c3)c(S(C)(=O)=O)c(=O)[nH]n12. The van der Waals surface area contributed by atoms with Crippen LogP contribution in [0.25, 0.3) is 16.6 Å². The Hall–Kier alpha value is -2.85. The largest absolute Gasteiger partial charge is 0.282 e. The number of rotatable bonds is 3. The Balaban J connectivity index is 2.54. The van der Waals surface area contributed by atoms with Gasteiger partial charge in [0.2, 0.25) is 0 Å². The molecule has 0 radical (unpaired) electrons. The van der Waals surface area contributed by atoms with Gasteiger partial charge in [0.25, 0.3) is 5.56 Å². The molecule has 122 valence electrons. The minimum Gasteiger partial charge on any atom is -0.267 e. The highest BCUT2D eigenvalue weighted by Crippen LogP contribution is 2.30. The Kier molecular flexibility index (Phi) is 3.78. The monoisotopic (exact) mass is 341 g/mol. The fraction of sp³-hybridized carbons (Fsp3) is 0.176. The first-order chi connectivity index (χ1) is 11.4. The minimum absolute atomic E-state index is 0.286. The normalized spacial score (nSPS) is 11.5. The lowest BCUT2D eigenvalue weighted by Crippen LogP contribution is -2.22. The summed E-state index contributed by atoms with van der Waals surface area (Å²) in [5.41, 5.74) is 2.01. The second-order valence-electron chi connectivity index (χ2n) is 5.51. The van der Waals surface area contributed by atoms with E-state index in [1.807, 2.05) is 19.1 Å². The van der Waals surface area contributed by atoms with E-state index in [2.05, 4.69) is 5.10 Å². The molecule has 0 fully saturated rings. The van der Waals surface area contributed by atoms with Crippen LogP contribution in [0.4, 0.5) is 0 Å². The Labute approximate surface area is 138 Å². The standard InChI is InChI=1S/C17H15N3O3S/c1-3-13-7-8-14-15(12-6-4-5-11(9-12)10-18)16(24(2,22)23)17(21)19-20(13)14/h4-9H,3H2,1-2H3,(H,19,21). The molecular weight excluding hydrogens is 326 g/mol. The number of fused-ring (bicyclic) bond motifs is 1. The number of hydrogen-bond donors (Lipinski definition) is 1. The van der Waals surface area contributed by atoms with Crippen molar-refractivity contribution < 1.29 is 8.42 Å². The third-order valence-corrected chi connectivity index (χ3v) is 5.01. The summed E-state index contributed by atoms with van der Waals surface area (Å²) < 4.78 is 26.1. The zero-order valence-electron chi connectivity index (χ0n) is 13.2. The molecule has 0 aliphatic heterocycles. The van der Waals surface area contributed by atoms with Gasteiger partial charge in [0.05, 0.1) is 17.1 Å². The molecule has 24 heavy (non-hydrogen) atoms. The molecule has 0 saturated heterocycles. The third-order valence-electron chi connectivity index (χ3n) is 3.88. The van der Waals surface area contributed by atoms with Crippen molar-refractivity contribution in [1.29, 1.82) is 5.26 Å². The summed E-state index contributed by atoms with van der Waals surface area (Å²) in [6, 6.07) is 12.2. The Morgan fingerprint density at radius 2 is 2.00 bits per heavy atom. The van der Waals surface area contributed by atoms with Gasteiger partial charge in [-0.25, -0.2) is 8.42 Å². The van der Waals surface area contributed by atoms with E-state index in [0.717, 1.165) is 11.9 Å². The van der Waals surface area contributed by atoms with Gasteiger partial charge in [-0.3, -0.25) is 14.4 Å². The Morgan fingerprint density at radius 3 is 2.62 bits per heavy atom. The number of benzene rings is 1. The Morgan fingerprint density at radius 1 is 1.25 bits per heavy atom. The van der Waals surface area contributed by atoms with Crippen LogP contribution in [0.2, 0.25) is 0 Å². The van der Waals surface area contributed by atoms with Gasteiger partial charge in [-0.1, -0.05) is 19.1 Å². The summed E-state index contributed by atoms with van der Waals surface area (Å²) in [4.78, 5) is 12.2. The van der Waals surface area contributed by atoms with Crippen molar-refractivity contribution >= 4 is 15.4 Å². The number of aromatic nitrogens is 2. The molecule has 0 unspecified atom stereocenters. The van der Waals surface area contributed by atoms with Crippen molar-refractivity contribution in [2.24, 2.45) is 0 Å². The molecule has 3 rings (SSSR count). The zero-order chi connectivity index (χ0) is 17.5. The molecule has 0 spiro atoms. The summed E-state index contributed by atoms with van der Waals surface area (Å²) in [6.07, 6.45) is 1.69. The predicted molar refractivity (Wildman–Crippen MR) is 90.7 cm³/mol. The van der Waals surface area contributed by atoms with Crippen molar-refractivity contribution in [2.75, 3.05) is 6.26 Å². The predicted octanol–water partition coefficient (Wildman–Crippen LogP) is 2.13. The van der Waals surface area contributed by atoms with Gasteiger partial charge in [0, 0.05) is 17.5 Å². The molecule has 6 nitrogen and oxygen atoms in total. The highest BCUT2D eigenvalue weighted by Gasteiger charge is 2.23. The highest BCUT2D eigenvalue weighted by atomic mass is 32.2. The number of nitrogens with one attached hydrogen (secondary N) is 1. The van der Waals surface area contributed by atoms with Crippen molar-refractivity contribution in [3.63, 3.8) is 0 Å².